The van der Waals surface area contributed by atoms with E-state index >= 15 is 0 Å². The van der Waals surface area contributed by atoms with Gasteiger partial charge in [0.1, 0.15) is 17.7 Å². The number of halogens is 5. The molecule has 1 fully saturated rings. The summed E-state index contributed by atoms with van der Waals surface area (Å²) in [5, 5.41) is 3.13. The third-order valence-corrected chi connectivity index (χ3v) is 5.08. The van der Waals surface area contributed by atoms with Gasteiger partial charge < -0.3 is 15.1 Å². The van der Waals surface area contributed by atoms with Gasteiger partial charge in [-0.15, -0.1) is 0 Å². The van der Waals surface area contributed by atoms with Crippen LogP contribution in [0, 0.1) is 18.6 Å². The summed E-state index contributed by atoms with van der Waals surface area (Å²) in [5.41, 5.74) is 0.347. The average Bonchev–Trinajstić information content (AvgIpc) is 2.66. The number of rotatable bonds is 4. The molecule has 0 bridgehead atoms. The molecule has 30 heavy (non-hydrogen) atoms. The van der Waals surface area contributed by atoms with Crippen molar-refractivity contribution in [3.8, 4) is 0 Å². The van der Waals surface area contributed by atoms with Gasteiger partial charge in [0.25, 0.3) is 0 Å². The summed E-state index contributed by atoms with van der Waals surface area (Å²) in [7, 11) is 1.46. The minimum absolute atomic E-state index is 0.0476. The first-order valence-electron chi connectivity index (χ1n) is 9.41. The summed E-state index contributed by atoms with van der Waals surface area (Å²) in [6.07, 6.45) is -4.68. The van der Waals surface area contributed by atoms with E-state index in [9.17, 15) is 26.7 Å². The van der Waals surface area contributed by atoms with Crippen LogP contribution in [-0.2, 0) is 17.5 Å². The number of nitrogens with one attached hydrogen (secondary N) is 1. The number of carbonyl (C=O) groups excluding carboxylic acids is 1. The number of amides is 1. The van der Waals surface area contributed by atoms with Gasteiger partial charge in [-0.2, -0.15) is 13.2 Å². The lowest BCUT2D eigenvalue weighted by atomic mass is 10.1. The van der Waals surface area contributed by atoms with Crippen LogP contribution >= 0.6 is 0 Å². The molecule has 1 saturated heterocycles. The van der Waals surface area contributed by atoms with Crippen LogP contribution in [0.1, 0.15) is 16.7 Å². The van der Waals surface area contributed by atoms with Gasteiger partial charge in [-0.1, -0.05) is 0 Å². The van der Waals surface area contributed by atoms with Gasteiger partial charge >= 0.3 is 6.18 Å². The number of anilines is 1. The van der Waals surface area contributed by atoms with Gasteiger partial charge in [0, 0.05) is 38.9 Å². The molecular weight excluding hydrogens is 405 g/mol. The van der Waals surface area contributed by atoms with Gasteiger partial charge in [-0.25, -0.2) is 8.78 Å². The number of alkyl halides is 3. The van der Waals surface area contributed by atoms with Crippen molar-refractivity contribution >= 4 is 11.6 Å². The molecule has 1 N–H and O–H groups in total. The number of nitrogens with zero attached hydrogens (tertiary/aromatic N) is 2. The quantitative estimate of drug-likeness (QED) is 0.756. The van der Waals surface area contributed by atoms with Crippen LogP contribution in [0.5, 0.6) is 0 Å². The highest BCUT2D eigenvalue weighted by molar-refractivity contribution is 5.86. The summed E-state index contributed by atoms with van der Waals surface area (Å²) < 4.78 is 66.0. The zero-order valence-corrected chi connectivity index (χ0v) is 16.6. The van der Waals surface area contributed by atoms with Crippen LogP contribution in [-0.4, -0.2) is 43.5 Å². The number of likely N-dealkylation sites (N-methyl/N-ethyl adjacent to an activating group) is 1. The van der Waals surface area contributed by atoms with Crippen LogP contribution in [0.25, 0.3) is 0 Å². The number of carbonyl (C=O) groups is 1. The van der Waals surface area contributed by atoms with E-state index in [2.05, 4.69) is 5.32 Å². The molecule has 0 radical (unpaired) electrons. The molecule has 4 nitrogen and oxygen atoms in total. The van der Waals surface area contributed by atoms with Crippen molar-refractivity contribution in [3.05, 3.63) is 64.7 Å². The molecule has 9 heteroatoms. The van der Waals surface area contributed by atoms with Crippen molar-refractivity contribution in [1.29, 1.82) is 0 Å². The monoisotopic (exact) mass is 427 g/mol. The zero-order valence-electron chi connectivity index (χ0n) is 16.6. The predicted molar refractivity (Wildman–Crippen MR) is 103 cm³/mol. The van der Waals surface area contributed by atoms with E-state index in [4.69, 9.17) is 0 Å². The van der Waals surface area contributed by atoms with E-state index in [0.29, 0.717) is 31.3 Å². The van der Waals surface area contributed by atoms with Gasteiger partial charge in [-0.3, -0.25) is 4.79 Å². The zero-order chi connectivity index (χ0) is 22.1. The first kappa shape index (κ1) is 22.0. The molecule has 1 unspecified atom stereocenters. The van der Waals surface area contributed by atoms with Crippen molar-refractivity contribution in [2.45, 2.75) is 25.7 Å². The van der Waals surface area contributed by atoms with E-state index in [1.807, 2.05) is 4.90 Å². The average molecular weight is 427 g/mol. The number of piperazine rings is 1. The molecule has 1 amide bonds. The highest BCUT2D eigenvalue weighted by Crippen LogP contribution is 2.31. The second kappa shape index (κ2) is 8.59. The Morgan fingerprint density at radius 3 is 2.57 bits per heavy atom. The van der Waals surface area contributed by atoms with Gasteiger partial charge in [0.15, 0.2) is 0 Å². The summed E-state index contributed by atoms with van der Waals surface area (Å²) in [5.74, 6) is -1.72. The molecule has 2 aromatic rings. The van der Waals surface area contributed by atoms with Crippen LogP contribution in [0.15, 0.2) is 36.4 Å². The molecule has 1 aliphatic heterocycles. The van der Waals surface area contributed by atoms with E-state index in [1.54, 1.807) is 13.0 Å². The molecule has 1 aliphatic rings. The lowest BCUT2D eigenvalue weighted by Crippen LogP contribution is -2.58. The first-order valence-corrected chi connectivity index (χ1v) is 9.41. The van der Waals surface area contributed by atoms with Crippen molar-refractivity contribution in [1.82, 2.24) is 10.2 Å². The standard InChI is InChI=1S/C21H22F5N3O/c1-13-7-16(22)3-4-18(13)29-6-5-27-11-19(29)20(30)28(2)12-14-8-15(21(24,25)26)10-17(23)9-14/h3-4,7-10,19,27H,5-6,11-12H2,1-2H3. The Bertz CT molecular complexity index is 931. The normalized spacial score (nSPS) is 17.2. The first-order chi connectivity index (χ1) is 14.1. The lowest BCUT2D eigenvalue weighted by Gasteiger charge is -2.39. The molecule has 1 heterocycles. The maximum Gasteiger partial charge on any atom is 0.416 e. The summed E-state index contributed by atoms with van der Waals surface area (Å²) in [4.78, 5) is 16.2. The van der Waals surface area contributed by atoms with Crippen molar-refractivity contribution in [3.63, 3.8) is 0 Å². The SMILES string of the molecule is Cc1cc(F)ccc1N1CCNCC1C(=O)N(C)Cc1cc(F)cc(C(F)(F)F)c1. The number of aryl methyl sites for hydroxylation is 1. The molecule has 0 aromatic heterocycles. The fourth-order valence-corrected chi connectivity index (χ4v) is 3.67. The number of hydrogen-bond donors (Lipinski definition) is 1. The van der Waals surface area contributed by atoms with Gasteiger partial charge in [0.05, 0.1) is 5.56 Å². The minimum Gasteiger partial charge on any atom is -0.357 e. The van der Waals surface area contributed by atoms with E-state index < -0.39 is 23.6 Å². The molecule has 162 valence electrons. The van der Waals surface area contributed by atoms with Crippen LogP contribution < -0.4 is 10.2 Å². The molecular formula is C21H22F5N3O. The van der Waals surface area contributed by atoms with Crippen molar-refractivity contribution in [2.75, 3.05) is 31.6 Å². The maximum atomic E-state index is 13.7. The lowest BCUT2D eigenvalue weighted by molar-refractivity contribution is -0.137. The Labute approximate surface area is 171 Å². The Morgan fingerprint density at radius 1 is 1.17 bits per heavy atom. The highest BCUT2D eigenvalue weighted by Gasteiger charge is 2.33. The molecule has 1 atom stereocenters. The second-order valence-electron chi connectivity index (χ2n) is 7.38. The molecule has 0 aliphatic carbocycles. The van der Waals surface area contributed by atoms with Crippen molar-refractivity contribution < 1.29 is 26.7 Å². The highest BCUT2D eigenvalue weighted by atomic mass is 19.4. The van der Waals surface area contributed by atoms with Crippen LogP contribution in [0.4, 0.5) is 27.6 Å². The molecule has 2 aromatic carbocycles. The Hall–Kier alpha value is -2.68. The smallest absolute Gasteiger partial charge is 0.357 e. The molecule has 0 saturated carbocycles. The Kier molecular flexibility index (Phi) is 6.30. The minimum atomic E-state index is -4.68. The maximum absolute atomic E-state index is 13.7. The number of hydrogen-bond acceptors (Lipinski definition) is 3. The third-order valence-electron chi connectivity index (χ3n) is 5.08. The Balaban J connectivity index is 1.81. The van der Waals surface area contributed by atoms with Crippen LogP contribution in [0.3, 0.4) is 0 Å². The predicted octanol–water partition coefficient (Wildman–Crippen LogP) is 3.73. The summed E-state index contributed by atoms with van der Waals surface area (Å²) in [6, 6.07) is 5.94. The largest absolute Gasteiger partial charge is 0.416 e. The Morgan fingerprint density at radius 2 is 1.90 bits per heavy atom. The van der Waals surface area contributed by atoms with Crippen molar-refractivity contribution in [2.24, 2.45) is 0 Å². The van der Waals surface area contributed by atoms with E-state index in [0.717, 1.165) is 17.8 Å². The summed E-state index contributed by atoms with van der Waals surface area (Å²) >= 11 is 0. The molecule has 3 rings (SSSR count). The topological polar surface area (TPSA) is 35.6 Å². The second-order valence-corrected chi connectivity index (χ2v) is 7.38. The fourth-order valence-electron chi connectivity index (χ4n) is 3.67. The number of benzene rings is 2. The summed E-state index contributed by atoms with van der Waals surface area (Å²) in [6.45, 7) is 3.04. The van der Waals surface area contributed by atoms with E-state index in [1.165, 1.54) is 24.1 Å². The fraction of sp³-hybridized carbons (Fsp3) is 0.381. The van der Waals surface area contributed by atoms with Crippen LogP contribution in [0.2, 0.25) is 0 Å². The van der Waals surface area contributed by atoms with Gasteiger partial charge in [-0.05, 0) is 54.4 Å². The van der Waals surface area contributed by atoms with E-state index in [-0.39, 0.29) is 23.8 Å². The molecule has 0 spiro atoms. The van der Waals surface area contributed by atoms with Gasteiger partial charge in [0.2, 0.25) is 5.91 Å². The third kappa shape index (κ3) is 4.89.